The second kappa shape index (κ2) is 8.71. The number of esters is 2. The van der Waals surface area contributed by atoms with Crippen molar-refractivity contribution in [2.45, 2.75) is 94.5 Å². The molecule has 0 aromatic rings. The molecule has 7 nitrogen and oxygen atoms in total. The van der Waals surface area contributed by atoms with Crippen LogP contribution in [-0.2, 0) is 28.7 Å². The Bertz CT molecular complexity index is 1170. The standard InChI is InChI=1S/C28H34F2O7S/c1-5-21(33)37-27(23(35)38-18-8-11-36-22(18)34)10-7-16-17-13-26(4,29)19-12-15(31)6-9-24(19,2)28(17,30)20(32)14-25(16,27)3/h6,9,12,16-18,20,32H,5,7-8,10-11,13-14H2,1-4H3/t16-,17-,18?,20?,24-,25-,26?,27?,28?/m0/s1. The average molecular weight is 553 g/mol. The molecule has 1 N–H and O–H groups in total. The Morgan fingerprint density at radius 2 is 1.87 bits per heavy atom. The third-order valence-electron chi connectivity index (χ3n) is 10.1. The van der Waals surface area contributed by atoms with Gasteiger partial charge in [0.25, 0.3) is 0 Å². The molecule has 0 aromatic heterocycles. The number of aliphatic hydroxyl groups excluding tert-OH is 1. The van der Waals surface area contributed by atoms with E-state index in [1.165, 1.54) is 26.0 Å². The number of halogens is 2. The number of fused-ring (bicyclic) bond motifs is 5. The number of alkyl halides is 2. The number of ketones is 1. The monoisotopic (exact) mass is 552 g/mol. The molecule has 1 aliphatic heterocycles. The fourth-order valence-electron chi connectivity index (χ4n) is 8.18. The van der Waals surface area contributed by atoms with Crippen LogP contribution in [0.15, 0.2) is 23.8 Å². The van der Waals surface area contributed by atoms with Crippen LogP contribution in [0.2, 0.25) is 0 Å². The van der Waals surface area contributed by atoms with Crippen molar-refractivity contribution >= 4 is 34.6 Å². The second-order valence-corrected chi connectivity index (χ2v) is 13.2. The zero-order valence-corrected chi connectivity index (χ0v) is 22.9. The summed E-state index contributed by atoms with van der Waals surface area (Å²) in [5.41, 5.74) is -8.86. The van der Waals surface area contributed by atoms with Crippen LogP contribution in [0, 0.1) is 22.7 Å². The first kappa shape index (κ1) is 27.5. The minimum absolute atomic E-state index is 0.00144. The van der Waals surface area contributed by atoms with E-state index in [-0.39, 0.29) is 44.3 Å². The summed E-state index contributed by atoms with van der Waals surface area (Å²) in [6.07, 6.45) is 2.26. The second-order valence-electron chi connectivity index (χ2n) is 12.1. The van der Waals surface area contributed by atoms with Gasteiger partial charge in [-0.05, 0) is 63.2 Å². The van der Waals surface area contributed by atoms with Crippen molar-refractivity contribution in [2.24, 2.45) is 22.7 Å². The van der Waals surface area contributed by atoms with E-state index in [9.17, 15) is 24.3 Å². The van der Waals surface area contributed by atoms with Gasteiger partial charge in [0.15, 0.2) is 17.1 Å². The highest BCUT2D eigenvalue weighted by molar-refractivity contribution is 8.14. The van der Waals surface area contributed by atoms with Crippen molar-refractivity contribution in [2.75, 3.05) is 6.61 Å². The van der Waals surface area contributed by atoms with Crippen molar-refractivity contribution in [1.29, 1.82) is 0 Å². The highest BCUT2D eigenvalue weighted by Gasteiger charge is 2.77. The molecule has 38 heavy (non-hydrogen) atoms. The van der Waals surface area contributed by atoms with Crippen LogP contribution in [0.1, 0.15) is 66.2 Å². The van der Waals surface area contributed by atoms with Gasteiger partial charge in [0, 0.05) is 29.6 Å². The van der Waals surface area contributed by atoms with Gasteiger partial charge in [0.1, 0.15) is 10.9 Å². The van der Waals surface area contributed by atoms with Crippen LogP contribution in [0.3, 0.4) is 0 Å². The van der Waals surface area contributed by atoms with Crippen LogP contribution in [0.5, 0.6) is 0 Å². The van der Waals surface area contributed by atoms with Gasteiger partial charge in [-0.15, -0.1) is 0 Å². The van der Waals surface area contributed by atoms with E-state index >= 15 is 8.78 Å². The average Bonchev–Trinajstić information content (AvgIpc) is 3.38. The molecule has 4 aliphatic carbocycles. The Labute approximate surface area is 224 Å². The maximum Gasteiger partial charge on any atom is 0.319 e. The maximum absolute atomic E-state index is 17.5. The van der Waals surface area contributed by atoms with E-state index in [1.807, 2.05) is 0 Å². The molecule has 1 saturated heterocycles. The molecule has 1 heterocycles. The number of hydrogen-bond acceptors (Lipinski definition) is 8. The lowest BCUT2D eigenvalue weighted by Crippen LogP contribution is -2.71. The van der Waals surface area contributed by atoms with E-state index in [0.29, 0.717) is 6.42 Å². The molecule has 4 fully saturated rings. The molecule has 0 amide bonds. The van der Waals surface area contributed by atoms with Gasteiger partial charge in [-0.2, -0.15) is 0 Å². The highest BCUT2D eigenvalue weighted by Crippen LogP contribution is 2.72. The lowest BCUT2D eigenvalue weighted by molar-refractivity contribution is -0.231. The summed E-state index contributed by atoms with van der Waals surface area (Å²) in [4.78, 5) is 50.9. The Balaban J connectivity index is 1.60. The van der Waals surface area contributed by atoms with E-state index in [0.717, 1.165) is 17.8 Å². The number of aliphatic hydroxyl groups is 1. The smallest absolute Gasteiger partial charge is 0.319 e. The molecule has 208 valence electrons. The molecule has 5 aliphatic rings. The van der Waals surface area contributed by atoms with Gasteiger partial charge in [0.05, 0.1) is 12.7 Å². The zero-order chi connectivity index (χ0) is 27.9. The number of hydrogen-bond donors (Lipinski definition) is 1. The zero-order valence-electron chi connectivity index (χ0n) is 22.1. The van der Waals surface area contributed by atoms with Gasteiger partial charge in [-0.3, -0.25) is 19.2 Å². The molecular formula is C28H34F2O7S. The van der Waals surface area contributed by atoms with Gasteiger partial charge in [0.2, 0.25) is 5.12 Å². The van der Waals surface area contributed by atoms with Crippen LogP contribution in [0.25, 0.3) is 0 Å². The molecule has 10 heteroatoms. The predicted octanol–water partition coefficient (Wildman–Crippen LogP) is 3.96. The molecule has 0 radical (unpaired) electrons. The molecule has 0 aromatic carbocycles. The molecule has 0 spiro atoms. The molecule has 5 unspecified atom stereocenters. The topological polar surface area (TPSA) is 107 Å². The summed E-state index contributed by atoms with van der Waals surface area (Å²) < 4.78 is 44.7. The number of ether oxygens (including phenoxy) is 2. The number of carbonyl (C=O) groups excluding carboxylic acids is 4. The van der Waals surface area contributed by atoms with E-state index < -0.39 is 73.8 Å². The number of carbonyl (C=O) groups is 4. The summed E-state index contributed by atoms with van der Waals surface area (Å²) in [6, 6.07) is 0. The summed E-state index contributed by atoms with van der Waals surface area (Å²) in [7, 11) is 0. The highest BCUT2D eigenvalue weighted by atomic mass is 32.2. The quantitative estimate of drug-likeness (QED) is 0.523. The molecule has 3 saturated carbocycles. The first-order valence-corrected chi connectivity index (χ1v) is 14.2. The molecule has 9 atom stereocenters. The first-order chi connectivity index (χ1) is 17.7. The third kappa shape index (κ3) is 3.47. The SMILES string of the molecule is CCC(=O)OC1(C(=O)SC2CCOC2=O)CC[C@H]2[C@@H]3CC(C)(F)C4=CC(=O)C=C[C@]4(C)C3(F)C(O)C[C@@]21C. The normalized spacial score (nSPS) is 47.5. The molecule has 5 rings (SSSR count). The van der Waals surface area contributed by atoms with Crippen LogP contribution < -0.4 is 0 Å². The van der Waals surface area contributed by atoms with Crippen molar-refractivity contribution in [1.82, 2.24) is 0 Å². The van der Waals surface area contributed by atoms with E-state index in [2.05, 4.69) is 0 Å². The van der Waals surface area contributed by atoms with Crippen LogP contribution in [0.4, 0.5) is 8.78 Å². The lowest BCUT2D eigenvalue weighted by atomic mass is 9.43. The number of thioether (sulfide) groups is 1. The Morgan fingerprint density at radius 1 is 1.16 bits per heavy atom. The number of allylic oxidation sites excluding steroid dienone is 4. The number of cyclic esters (lactones) is 1. The minimum Gasteiger partial charge on any atom is -0.465 e. The first-order valence-electron chi connectivity index (χ1n) is 13.3. The van der Waals surface area contributed by atoms with Gasteiger partial charge < -0.3 is 14.6 Å². The summed E-state index contributed by atoms with van der Waals surface area (Å²) >= 11 is 0.767. The molecular weight excluding hydrogens is 518 g/mol. The lowest BCUT2D eigenvalue weighted by Gasteiger charge is -2.64. The van der Waals surface area contributed by atoms with Crippen molar-refractivity contribution < 1.29 is 42.5 Å². The molecule has 0 bridgehead atoms. The van der Waals surface area contributed by atoms with Gasteiger partial charge in [-0.25, -0.2) is 8.78 Å². The predicted molar refractivity (Wildman–Crippen MR) is 134 cm³/mol. The van der Waals surface area contributed by atoms with Gasteiger partial charge in [-0.1, -0.05) is 31.7 Å². The van der Waals surface area contributed by atoms with Crippen molar-refractivity contribution in [3.63, 3.8) is 0 Å². The third-order valence-corrected chi connectivity index (χ3v) is 11.4. The van der Waals surface area contributed by atoms with E-state index in [1.54, 1.807) is 13.8 Å². The summed E-state index contributed by atoms with van der Waals surface area (Å²) in [5.74, 6) is -3.20. The van der Waals surface area contributed by atoms with Crippen molar-refractivity contribution in [3.05, 3.63) is 23.8 Å². The van der Waals surface area contributed by atoms with Crippen LogP contribution in [-0.4, -0.2) is 62.8 Å². The Morgan fingerprint density at radius 3 is 2.50 bits per heavy atom. The summed E-state index contributed by atoms with van der Waals surface area (Å²) in [6.45, 7) is 6.35. The fraction of sp³-hybridized carbons (Fsp3) is 0.714. The number of rotatable bonds is 4. The minimum atomic E-state index is -2.32. The maximum atomic E-state index is 17.5. The van der Waals surface area contributed by atoms with E-state index in [4.69, 9.17) is 9.47 Å². The van der Waals surface area contributed by atoms with Crippen LogP contribution >= 0.6 is 11.8 Å². The van der Waals surface area contributed by atoms with Crippen molar-refractivity contribution in [3.8, 4) is 0 Å². The Kier molecular flexibility index (Phi) is 6.31. The Hall–Kier alpha value is -2.07. The largest absolute Gasteiger partial charge is 0.465 e. The van der Waals surface area contributed by atoms with Gasteiger partial charge >= 0.3 is 11.9 Å². The summed E-state index contributed by atoms with van der Waals surface area (Å²) in [5, 5.41) is 10.3. The fourth-order valence-corrected chi connectivity index (χ4v) is 9.39.